The lowest BCUT2D eigenvalue weighted by molar-refractivity contribution is -0.141. The van der Waals surface area contributed by atoms with Gasteiger partial charge < -0.3 is 14.6 Å². The highest BCUT2D eigenvalue weighted by Gasteiger charge is 2.30. The fourth-order valence-corrected chi connectivity index (χ4v) is 3.13. The third kappa shape index (κ3) is 3.29. The first kappa shape index (κ1) is 16.5. The molecule has 24 heavy (non-hydrogen) atoms. The summed E-state index contributed by atoms with van der Waals surface area (Å²) in [6, 6.07) is 15.6. The van der Waals surface area contributed by atoms with E-state index in [4.69, 9.17) is 9.47 Å². The minimum absolute atomic E-state index is 0.0174. The number of methoxy groups -OCH3 is 1. The number of carbonyl (C=O) groups excluding carboxylic acids is 1. The van der Waals surface area contributed by atoms with E-state index in [1.54, 1.807) is 6.92 Å². The van der Waals surface area contributed by atoms with Crippen molar-refractivity contribution < 1.29 is 19.4 Å². The van der Waals surface area contributed by atoms with Crippen molar-refractivity contribution in [2.45, 2.75) is 25.4 Å². The molecule has 4 nitrogen and oxygen atoms in total. The first-order valence-electron chi connectivity index (χ1n) is 8.16. The molecule has 2 aromatic rings. The van der Waals surface area contributed by atoms with Crippen LogP contribution >= 0.6 is 0 Å². The number of rotatable bonds is 4. The van der Waals surface area contributed by atoms with Gasteiger partial charge >= 0.3 is 5.97 Å². The van der Waals surface area contributed by atoms with E-state index >= 15 is 0 Å². The van der Waals surface area contributed by atoms with Crippen LogP contribution in [0.1, 0.15) is 35.6 Å². The Kier molecular flexibility index (Phi) is 4.86. The van der Waals surface area contributed by atoms with Crippen LogP contribution in [-0.4, -0.2) is 24.8 Å². The van der Waals surface area contributed by atoms with Crippen molar-refractivity contribution >= 4 is 5.97 Å². The van der Waals surface area contributed by atoms with Gasteiger partial charge in [0.2, 0.25) is 0 Å². The van der Waals surface area contributed by atoms with Crippen LogP contribution in [0.3, 0.4) is 0 Å². The molecule has 3 atom stereocenters. The van der Waals surface area contributed by atoms with Crippen LogP contribution in [0.4, 0.5) is 0 Å². The molecule has 1 unspecified atom stereocenters. The molecule has 0 aliphatic carbocycles. The van der Waals surface area contributed by atoms with Crippen LogP contribution in [0.5, 0.6) is 5.75 Å². The van der Waals surface area contributed by atoms with E-state index in [9.17, 15) is 9.90 Å². The molecule has 126 valence electrons. The zero-order valence-electron chi connectivity index (χ0n) is 13.9. The zero-order chi connectivity index (χ0) is 17.1. The first-order valence-corrected chi connectivity index (χ1v) is 8.16. The number of ether oxygens (including phenoxy) is 2. The molecule has 0 saturated heterocycles. The van der Waals surface area contributed by atoms with Gasteiger partial charge in [0.1, 0.15) is 5.75 Å². The lowest BCUT2D eigenvalue weighted by Crippen LogP contribution is -2.28. The maximum atomic E-state index is 11.7. The largest absolute Gasteiger partial charge is 0.493 e. The Labute approximate surface area is 142 Å². The van der Waals surface area contributed by atoms with Gasteiger partial charge in [0, 0.05) is 11.5 Å². The second-order valence-corrected chi connectivity index (χ2v) is 6.25. The Morgan fingerprint density at radius 2 is 2.04 bits per heavy atom. The molecule has 0 aromatic heterocycles. The van der Waals surface area contributed by atoms with E-state index in [1.807, 2.05) is 36.4 Å². The highest BCUT2D eigenvalue weighted by atomic mass is 16.5. The summed E-state index contributed by atoms with van der Waals surface area (Å²) in [5.41, 5.74) is 2.79. The van der Waals surface area contributed by atoms with Crippen molar-refractivity contribution in [3.8, 4) is 5.75 Å². The molecule has 0 saturated carbocycles. The highest BCUT2D eigenvalue weighted by molar-refractivity contribution is 5.77. The topological polar surface area (TPSA) is 55.8 Å². The van der Waals surface area contributed by atoms with Gasteiger partial charge in [-0.3, -0.25) is 4.79 Å². The molecule has 1 N–H and O–H groups in total. The minimum Gasteiger partial charge on any atom is -0.493 e. The Bertz CT molecular complexity index is 711. The van der Waals surface area contributed by atoms with E-state index in [1.165, 1.54) is 12.7 Å². The van der Waals surface area contributed by atoms with E-state index in [-0.39, 0.29) is 17.8 Å². The Balaban J connectivity index is 1.79. The third-order valence-electron chi connectivity index (χ3n) is 4.65. The van der Waals surface area contributed by atoms with Crippen LogP contribution in [-0.2, 0) is 16.0 Å². The lowest BCUT2D eigenvalue weighted by atomic mass is 9.87. The summed E-state index contributed by atoms with van der Waals surface area (Å²) in [6.07, 6.45) is 0.193. The Hall–Kier alpha value is -2.33. The van der Waals surface area contributed by atoms with E-state index in [0.29, 0.717) is 12.4 Å². The Morgan fingerprint density at radius 1 is 1.29 bits per heavy atom. The minimum atomic E-state index is -0.573. The summed E-state index contributed by atoms with van der Waals surface area (Å²) in [5.74, 6) is 0.0280. The summed E-state index contributed by atoms with van der Waals surface area (Å²) >= 11 is 0. The second-order valence-electron chi connectivity index (χ2n) is 6.25. The van der Waals surface area contributed by atoms with Gasteiger partial charge in [0.05, 0.1) is 25.7 Å². The second kappa shape index (κ2) is 7.05. The van der Waals surface area contributed by atoms with Gasteiger partial charge in [-0.05, 0) is 30.5 Å². The fourth-order valence-electron chi connectivity index (χ4n) is 3.13. The quantitative estimate of drug-likeness (QED) is 0.876. The number of hydrogen-bond donors (Lipinski definition) is 1. The first-order chi connectivity index (χ1) is 11.6. The van der Waals surface area contributed by atoms with Gasteiger partial charge in [0.25, 0.3) is 0 Å². The number of fused-ring (bicyclic) bond motifs is 1. The van der Waals surface area contributed by atoms with Crippen molar-refractivity contribution in [1.82, 2.24) is 0 Å². The predicted octanol–water partition coefficient (Wildman–Crippen LogP) is 3.25. The monoisotopic (exact) mass is 326 g/mol. The Morgan fingerprint density at radius 3 is 2.75 bits per heavy atom. The molecule has 4 heteroatoms. The summed E-state index contributed by atoms with van der Waals surface area (Å²) in [7, 11) is 1.38. The smallest absolute Gasteiger partial charge is 0.312 e. The molecule has 0 radical (unpaired) electrons. The average Bonchev–Trinajstić information content (AvgIpc) is 2.63. The van der Waals surface area contributed by atoms with Gasteiger partial charge in [-0.2, -0.15) is 0 Å². The number of benzene rings is 2. The molecule has 0 fully saturated rings. The van der Waals surface area contributed by atoms with Gasteiger partial charge in [-0.25, -0.2) is 0 Å². The molecule has 0 bridgehead atoms. The van der Waals surface area contributed by atoms with Crippen molar-refractivity contribution in [2.24, 2.45) is 5.92 Å². The molecule has 0 amide bonds. The van der Waals surface area contributed by atoms with E-state index in [0.717, 1.165) is 17.5 Å². The fraction of sp³-hybridized carbons (Fsp3) is 0.350. The third-order valence-corrected chi connectivity index (χ3v) is 4.65. The summed E-state index contributed by atoms with van der Waals surface area (Å²) in [4.78, 5) is 11.7. The highest BCUT2D eigenvalue weighted by Crippen LogP contribution is 2.38. The molecular formula is C20H22O4. The normalized spacial score (nSPS) is 20.6. The van der Waals surface area contributed by atoms with Crippen molar-refractivity contribution in [1.29, 1.82) is 0 Å². The predicted molar refractivity (Wildman–Crippen MR) is 91.0 cm³/mol. The molecule has 1 heterocycles. The van der Waals surface area contributed by atoms with Crippen LogP contribution in [0.15, 0.2) is 48.5 Å². The van der Waals surface area contributed by atoms with Crippen LogP contribution < -0.4 is 4.74 Å². The number of carbonyl (C=O) groups is 1. The van der Waals surface area contributed by atoms with Gasteiger partial charge in [-0.15, -0.1) is 0 Å². The van der Waals surface area contributed by atoms with Crippen LogP contribution in [0, 0.1) is 5.92 Å². The summed E-state index contributed by atoms with van der Waals surface area (Å²) in [6.45, 7) is 2.25. The maximum absolute atomic E-state index is 11.7. The summed E-state index contributed by atoms with van der Waals surface area (Å²) in [5, 5.41) is 10.7. The molecule has 1 aliphatic rings. The van der Waals surface area contributed by atoms with Crippen molar-refractivity contribution in [2.75, 3.05) is 13.7 Å². The lowest BCUT2D eigenvalue weighted by Gasteiger charge is -2.31. The molecule has 3 rings (SSSR count). The van der Waals surface area contributed by atoms with Crippen molar-refractivity contribution in [3.05, 3.63) is 65.2 Å². The SMILES string of the molecule is COC(=O)C(C)c1ccc2c(c1)OC[C@H](Cc1ccccc1)[C@H]2O. The van der Waals surface area contributed by atoms with Gasteiger partial charge in [-0.1, -0.05) is 42.5 Å². The maximum Gasteiger partial charge on any atom is 0.312 e. The number of esters is 1. The van der Waals surface area contributed by atoms with Crippen LogP contribution in [0.25, 0.3) is 0 Å². The molecule has 1 aliphatic heterocycles. The average molecular weight is 326 g/mol. The van der Waals surface area contributed by atoms with Crippen molar-refractivity contribution in [3.63, 3.8) is 0 Å². The zero-order valence-corrected chi connectivity index (χ0v) is 13.9. The molecule has 0 spiro atoms. The van der Waals surface area contributed by atoms with Gasteiger partial charge in [0.15, 0.2) is 0 Å². The van der Waals surface area contributed by atoms with Crippen LogP contribution in [0.2, 0.25) is 0 Å². The molecular weight excluding hydrogens is 304 g/mol. The number of aliphatic hydroxyl groups excluding tert-OH is 1. The standard InChI is InChI=1S/C20H22O4/c1-13(20(22)23-2)15-8-9-17-18(11-15)24-12-16(19(17)21)10-14-6-4-3-5-7-14/h3-9,11,13,16,19,21H,10,12H2,1-2H3/t13?,16-,19+/m0/s1. The molecule has 2 aromatic carbocycles. The summed E-state index contributed by atoms with van der Waals surface area (Å²) < 4.78 is 10.7. The van der Waals surface area contributed by atoms with E-state index < -0.39 is 6.10 Å². The van der Waals surface area contributed by atoms with E-state index in [2.05, 4.69) is 12.1 Å². The number of hydrogen-bond acceptors (Lipinski definition) is 4. The number of aliphatic hydroxyl groups is 1.